The van der Waals surface area contributed by atoms with Gasteiger partial charge in [-0.15, -0.1) is 0 Å². The molecule has 146 valence electrons. The topological polar surface area (TPSA) is 93.7 Å². The Kier molecular flexibility index (Phi) is 5.03. The summed E-state index contributed by atoms with van der Waals surface area (Å²) in [7, 11) is 0. The molecule has 2 aromatic carbocycles. The summed E-state index contributed by atoms with van der Waals surface area (Å²) in [5, 5.41) is 6.12. The number of nitrogens with one attached hydrogen (secondary N) is 2. The van der Waals surface area contributed by atoms with Gasteiger partial charge in [0.1, 0.15) is 17.0 Å². The van der Waals surface area contributed by atoms with E-state index in [2.05, 4.69) is 10.6 Å². The SMILES string of the molecule is CCOc1ccccc1NC(=O)c1oc2ccccc2c1NC(=O)c1ccco1. The standard InChI is InChI=1S/C22H18N2O5/c1-2-27-17-11-6-4-9-15(17)23-22(26)20-19(14-8-3-5-10-16(14)29-20)24-21(25)18-12-7-13-28-18/h3-13H,2H2,1H3,(H,23,26)(H,24,25). The number of amides is 2. The molecule has 0 unspecified atom stereocenters. The van der Waals surface area contributed by atoms with Crippen molar-refractivity contribution in [3.63, 3.8) is 0 Å². The van der Waals surface area contributed by atoms with Gasteiger partial charge in [0.25, 0.3) is 11.8 Å². The van der Waals surface area contributed by atoms with Crippen LogP contribution in [0.25, 0.3) is 11.0 Å². The van der Waals surface area contributed by atoms with Crippen molar-refractivity contribution in [1.29, 1.82) is 0 Å². The molecule has 2 amide bonds. The van der Waals surface area contributed by atoms with Crippen LogP contribution in [0.5, 0.6) is 5.75 Å². The molecule has 0 aliphatic rings. The largest absolute Gasteiger partial charge is 0.492 e. The highest BCUT2D eigenvalue weighted by Gasteiger charge is 2.24. The van der Waals surface area contributed by atoms with Gasteiger partial charge >= 0.3 is 0 Å². The summed E-state index contributed by atoms with van der Waals surface area (Å²) >= 11 is 0. The van der Waals surface area contributed by atoms with E-state index >= 15 is 0 Å². The van der Waals surface area contributed by atoms with Crippen LogP contribution in [0, 0.1) is 0 Å². The lowest BCUT2D eigenvalue weighted by Crippen LogP contribution is -2.17. The predicted octanol–water partition coefficient (Wildman–Crippen LogP) is 4.93. The van der Waals surface area contributed by atoms with Gasteiger partial charge in [-0.2, -0.15) is 0 Å². The second-order valence-corrected chi connectivity index (χ2v) is 6.12. The highest BCUT2D eigenvalue weighted by atomic mass is 16.5. The normalized spacial score (nSPS) is 10.7. The summed E-state index contributed by atoms with van der Waals surface area (Å²) < 4.78 is 16.4. The Hall–Kier alpha value is -4.00. The second kappa shape index (κ2) is 7.93. The van der Waals surface area contributed by atoms with Gasteiger partial charge in [0, 0.05) is 5.39 Å². The highest BCUT2D eigenvalue weighted by Crippen LogP contribution is 2.33. The molecule has 0 radical (unpaired) electrons. The molecular formula is C22H18N2O5. The Morgan fingerprint density at radius 3 is 2.52 bits per heavy atom. The van der Waals surface area contributed by atoms with Gasteiger partial charge in [0.05, 0.1) is 18.6 Å². The number of rotatable bonds is 6. The van der Waals surface area contributed by atoms with Crippen LogP contribution >= 0.6 is 0 Å². The van der Waals surface area contributed by atoms with Crippen molar-refractivity contribution < 1.29 is 23.2 Å². The van der Waals surface area contributed by atoms with E-state index in [4.69, 9.17) is 13.6 Å². The number of hydrogen-bond acceptors (Lipinski definition) is 5. The van der Waals surface area contributed by atoms with Gasteiger partial charge in [-0.05, 0) is 43.3 Å². The maximum atomic E-state index is 13.0. The van der Waals surface area contributed by atoms with E-state index in [1.54, 1.807) is 48.5 Å². The van der Waals surface area contributed by atoms with Crippen LogP contribution < -0.4 is 15.4 Å². The number of carbonyl (C=O) groups is 2. The van der Waals surface area contributed by atoms with Crippen LogP contribution in [-0.4, -0.2) is 18.4 Å². The number of benzene rings is 2. The third kappa shape index (κ3) is 3.70. The summed E-state index contributed by atoms with van der Waals surface area (Å²) in [5.74, 6) is -0.338. The van der Waals surface area contributed by atoms with Crippen LogP contribution in [0.4, 0.5) is 11.4 Å². The first-order chi connectivity index (χ1) is 14.2. The minimum atomic E-state index is -0.511. The summed E-state index contributed by atoms with van der Waals surface area (Å²) in [6.45, 7) is 2.32. The molecule has 0 saturated carbocycles. The maximum absolute atomic E-state index is 13.0. The molecule has 0 aliphatic carbocycles. The Morgan fingerprint density at radius 1 is 0.931 bits per heavy atom. The van der Waals surface area contributed by atoms with Crippen LogP contribution in [0.3, 0.4) is 0 Å². The highest BCUT2D eigenvalue weighted by molar-refractivity contribution is 6.16. The lowest BCUT2D eigenvalue weighted by Gasteiger charge is -2.11. The zero-order chi connectivity index (χ0) is 20.2. The van der Waals surface area contributed by atoms with Gasteiger partial charge in [-0.25, -0.2) is 0 Å². The fourth-order valence-corrected chi connectivity index (χ4v) is 2.94. The first kappa shape index (κ1) is 18.4. The molecule has 0 atom stereocenters. The predicted molar refractivity (Wildman–Crippen MR) is 108 cm³/mol. The van der Waals surface area contributed by atoms with E-state index < -0.39 is 11.8 Å². The third-order valence-electron chi connectivity index (χ3n) is 4.22. The molecule has 7 heteroatoms. The molecule has 2 N–H and O–H groups in total. The smallest absolute Gasteiger partial charge is 0.293 e. The molecule has 4 aromatic rings. The number of hydrogen-bond donors (Lipinski definition) is 2. The molecular weight excluding hydrogens is 372 g/mol. The van der Waals surface area contributed by atoms with E-state index in [1.807, 2.05) is 13.0 Å². The maximum Gasteiger partial charge on any atom is 0.293 e. The number of fused-ring (bicyclic) bond motifs is 1. The van der Waals surface area contributed by atoms with Crippen molar-refractivity contribution in [3.8, 4) is 5.75 Å². The number of anilines is 2. The van der Waals surface area contributed by atoms with Gasteiger partial charge < -0.3 is 24.2 Å². The molecule has 0 fully saturated rings. The van der Waals surface area contributed by atoms with Crippen molar-refractivity contribution in [1.82, 2.24) is 0 Å². The lowest BCUT2D eigenvalue weighted by atomic mass is 10.2. The van der Waals surface area contributed by atoms with Crippen molar-refractivity contribution >= 4 is 34.2 Å². The monoisotopic (exact) mass is 390 g/mol. The number of carbonyl (C=O) groups excluding carboxylic acids is 2. The van der Waals surface area contributed by atoms with Crippen LogP contribution in [0.15, 0.2) is 75.8 Å². The Labute approximate surface area is 166 Å². The third-order valence-corrected chi connectivity index (χ3v) is 4.22. The zero-order valence-electron chi connectivity index (χ0n) is 15.6. The molecule has 0 bridgehead atoms. The fraction of sp³-hybridized carbons (Fsp3) is 0.0909. The number of furan rings is 2. The second-order valence-electron chi connectivity index (χ2n) is 6.12. The van der Waals surface area contributed by atoms with Crippen molar-refractivity contribution in [3.05, 3.63) is 78.4 Å². The number of ether oxygens (including phenoxy) is 1. The summed E-state index contributed by atoms with van der Waals surface area (Å²) in [6.07, 6.45) is 1.40. The molecule has 0 saturated heterocycles. The van der Waals surface area contributed by atoms with Gasteiger partial charge in [-0.3, -0.25) is 9.59 Å². The minimum Gasteiger partial charge on any atom is -0.492 e. The summed E-state index contributed by atoms with van der Waals surface area (Å²) in [6, 6.07) is 17.3. The van der Waals surface area contributed by atoms with Crippen molar-refractivity contribution in [2.75, 3.05) is 17.2 Å². The molecule has 7 nitrogen and oxygen atoms in total. The molecule has 4 rings (SSSR count). The quantitative estimate of drug-likeness (QED) is 0.487. The molecule has 2 aromatic heterocycles. The summed E-state index contributed by atoms with van der Waals surface area (Å²) in [4.78, 5) is 25.5. The van der Waals surface area contributed by atoms with E-state index in [1.165, 1.54) is 12.3 Å². The summed E-state index contributed by atoms with van der Waals surface area (Å²) in [5.41, 5.74) is 1.25. The van der Waals surface area contributed by atoms with E-state index in [0.29, 0.717) is 29.0 Å². The Bertz CT molecular complexity index is 1160. The average molecular weight is 390 g/mol. The first-order valence-electron chi connectivity index (χ1n) is 9.07. The molecule has 0 spiro atoms. The van der Waals surface area contributed by atoms with Crippen LogP contribution in [0.1, 0.15) is 28.0 Å². The van der Waals surface area contributed by atoms with Gasteiger partial charge in [-0.1, -0.05) is 24.3 Å². The Morgan fingerprint density at radius 2 is 1.72 bits per heavy atom. The molecule has 29 heavy (non-hydrogen) atoms. The lowest BCUT2D eigenvalue weighted by molar-refractivity contribution is 0.0995. The van der Waals surface area contributed by atoms with Crippen LogP contribution in [-0.2, 0) is 0 Å². The fourth-order valence-electron chi connectivity index (χ4n) is 2.94. The average Bonchev–Trinajstić information content (AvgIpc) is 3.38. The van der Waals surface area contributed by atoms with Crippen molar-refractivity contribution in [2.45, 2.75) is 6.92 Å². The van der Waals surface area contributed by atoms with E-state index in [0.717, 1.165) is 0 Å². The molecule has 0 aliphatic heterocycles. The number of para-hydroxylation sites is 3. The van der Waals surface area contributed by atoms with Crippen molar-refractivity contribution in [2.24, 2.45) is 0 Å². The zero-order valence-corrected chi connectivity index (χ0v) is 15.6. The van der Waals surface area contributed by atoms with E-state index in [-0.39, 0.29) is 17.2 Å². The van der Waals surface area contributed by atoms with E-state index in [9.17, 15) is 9.59 Å². The minimum absolute atomic E-state index is 0.0163. The molecule has 2 heterocycles. The Balaban J connectivity index is 1.70. The van der Waals surface area contributed by atoms with Crippen LogP contribution in [0.2, 0.25) is 0 Å². The van der Waals surface area contributed by atoms with Gasteiger partial charge in [0.15, 0.2) is 5.76 Å². The first-order valence-corrected chi connectivity index (χ1v) is 9.07. The van der Waals surface area contributed by atoms with Gasteiger partial charge in [0.2, 0.25) is 5.76 Å².